The molecule has 0 amide bonds. The monoisotopic (exact) mass is 1350 g/mol. The van der Waals surface area contributed by atoms with E-state index in [1.807, 2.05) is 0 Å². The maximum Gasteiger partial charge on any atom is 0.302 e. The Morgan fingerprint density at radius 3 is 0.188 bits per heavy atom. The van der Waals surface area contributed by atoms with E-state index in [1.165, 1.54) is 585 Å². The highest BCUT2D eigenvalue weighted by atomic mass is 16.5. The minimum Gasteiger partial charge on any atom is -0.466 e. The van der Waals surface area contributed by atoms with Crippen molar-refractivity contribution in [3.63, 3.8) is 0 Å². The van der Waals surface area contributed by atoms with E-state index in [0.29, 0.717) is 6.61 Å². The summed E-state index contributed by atoms with van der Waals surface area (Å²) in [5.74, 6) is -0.211. The van der Waals surface area contributed by atoms with Gasteiger partial charge in [-0.25, -0.2) is 0 Å². The number of ether oxygens (including phenoxy) is 1. The average Bonchev–Trinajstić information content (AvgIpc) is 3.73. The average molecular weight is 1350 g/mol. The number of carbonyl (C=O) groups is 1. The Morgan fingerprint density at radius 2 is 0.177 bits per heavy atom. The Bertz CT molecular complexity index is 722. The van der Waals surface area contributed by atoms with Crippen LogP contribution in [0.1, 0.15) is 592 Å². The summed E-state index contributed by atoms with van der Waals surface area (Å²) in [5.41, 5.74) is 0. The van der Waals surface area contributed by atoms with Gasteiger partial charge in [0, 0.05) is 6.92 Å². The Hall–Kier alpha value is -0.530. The number of esters is 1. The number of hydrogen-bond donors (Lipinski definition) is 0. The van der Waals surface area contributed by atoms with Gasteiger partial charge in [-0.3, -0.25) is 4.79 Å². The lowest BCUT2D eigenvalue weighted by Crippen LogP contribution is -1.95. The van der Waals surface area contributed by atoms with Crippen LogP contribution in [-0.2, 0) is 9.53 Å². The quantitative estimate of drug-likeness (QED) is 0.245. The van der Waals surface area contributed by atoms with Crippen LogP contribution in [0.5, 0.6) is 0 Å². The molecule has 0 radical (unpaired) electrons. The second-order valence-corrected chi connectivity index (χ2v) is 32.7. The molecule has 15 rings (SSSR count). The molecule has 576 valence electrons. The maximum absolute atomic E-state index is 9.82. The fourth-order valence-corrected chi connectivity index (χ4v) is 16.1. The summed E-state index contributed by atoms with van der Waals surface area (Å²) >= 11 is 0. The zero-order valence-corrected chi connectivity index (χ0v) is 67.7. The SMILES string of the molecule is C1CCCCC1.C1CCCCC1.C1CCCCC1.C1CCCCC1.C1CCCCC1.C1CCCCC1.C1CCCCC1.C1CCCCC1.C1CCCCC1.C1CCCCC1.C1CCCCC1.C1CCCCC1.C1CCCCC1.C1CCCCC1.C1CCCCC1.CCOC(C)=O. The van der Waals surface area contributed by atoms with Crippen LogP contribution < -0.4 is 0 Å². The van der Waals surface area contributed by atoms with Gasteiger partial charge in [-0.15, -0.1) is 0 Å². The molecule has 0 heterocycles. The van der Waals surface area contributed by atoms with Crippen molar-refractivity contribution < 1.29 is 9.53 Å². The van der Waals surface area contributed by atoms with Crippen LogP contribution >= 0.6 is 0 Å². The van der Waals surface area contributed by atoms with Crippen molar-refractivity contribution in [1.29, 1.82) is 0 Å². The van der Waals surface area contributed by atoms with Gasteiger partial charge in [0.05, 0.1) is 6.61 Å². The van der Waals surface area contributed by atoms with Crippen molar-refractivity contribution in [2.24, 2.45) is 0 Å². The van der Waals surface area contributed by atoms with Gasteiger partial charge in [-0.1, -0.05) is 578 Å². The Balaban J connectivity index is 0.00000100. The van der Waals surface area contributed by atoms with Crippen molar-refractivity contribution in [2.75, 3.05) is 6.61 Å². The molecule has 2 heteroatoms. The van der Waals surface area contributed by atoms with Gasteiger partial charge in [0.1, 0.15) is 0 Å². The molecular formula is C94H188O2. The van der Waals surface area contributed by atoms with Gasteiger partial charge in [-0.2, -0.15) is 0 Å². The molecule has 0 bridgehead atoms. The molecule has 0 spiro atoms. The first-order chi connectivity index (χ1) is 47.8. The normalized spacial score (nSPS) is 23.0. The molecule has 96 heavy (non-hydrogen) atoms. The van der Waals surface area contributed by atoms with Gasteiger partial charge < -0.3 is 4.74 Å². The predicted octanol–water partition coefficient (Wildman–Crippen LogP) is 35.7. The molecule has 0 N–H and O–H groups in total. The fourth-order valence-electron chi connectivity index (χ4n) is 16.1. The van der Waals surface area contributed by atoms with E-state index in [1.54, 1.807) is 6.92 Å². The van der Waals surface area contributed by atoms with Crippen molar-refractivity contribution in [3.05, 3.63) is 0 Å². The zero-order valence-electron chi connectivity index (χ0n) is 67.7. The first-order valence-electron chi connectivity index (χ1n) is 46.9. The van der Waals surface area contributed by atoms with Crippen LogP contribution in [0.15, 0.2) is 0 Å². The van der Waals surface area contributed by atoms with E-state index >= 15 is 0 Å². The summed E-state index contributed by atoms with van der Waals surface area (Å²) in [6.45, 7) is 3.65. The fraction of sp³-hybridized carbons (Fsp3) is 0.989. The predicted molar refractivity (Wildman–Crippen MR) is 438 cm³/mol. The first kappa shape index (κ1) is 95.5. The highest BCUT2D eigenvalue weighted by Gasteiger charge is 2.04. The molecule has 0 aromatic heterocycles. The Kier molecular flexibility index (Phi) is 92.0. The maximum atomic E-state index is 9.82. The molecule has 15 aliphatic carbocycles. The molecule has 15 aliphatic rings. The number of carbonyl (C=O) groups excluding carboxylic acids is 1. The zero-order chi connectivity index (χ0) is 68.6. The standard InChI is InChI=1S/15C6H12.C4H8O2/c15*1-2-4-6-5-3-1;1-3-6-4(2)5/h15*1-6H2;3H2,1-2H3. The van der Waals surface area contributed by atoms with Crippen LogP contribution in [0.25, 0.3) is 0 Å². The van der Waals surface area contributed by atoms with Gasteiger partial charge in [0.2, 0.25) is 0 Å². The number of rotatable bonds is 1. The van der Waals surface area contributed by atoms with Gasteiger partial charge in [0.15, 0.2) is 0 Å². The summed E-state index contributed by atoms with van der Waals surface area (Å²) in [6, 6.07) is 0. The highest BCUT2D eigenvalue weighted by Crippen LogP contribution is 2.23. The molecule has 0 saturated heterocycles. The van der Waals surface area contributed by atoms with Crippen molar-refractivity contribution in [1.82, 2.24) is 0 Å². The molecular weight excluding hydrogens is 1160 g/mol. The van der Waals surface area contributed by atoms with Gasteiger partial charge >= 0.3 is 5.97 Å². The third kappa shape index (κ3) is 93.5. The lowest BCUT2D eigenvalue weighted by Gasteiger charge is -2.05. The van der Waals surface area contributed by atoms with Crippen LogP contribution in [-0.4, -0.2) is 12.6 Å². The minimum absolute atomic E-state index is 0.211. The van der Waals surface area contributed by atoms with Gasteiger partial charge in [-0.05, 0) is 6.92 Å². The largest absolute Gasteiger partial charge is 0.466 e. The molecule has 15 fully saturated rings. The first-order valence-corrected chi connectivity index (χ1v) is 46.9. The molecule has 0 aliphatic heterocycles. The summed E-state index contributed by atoms with van der Waals surface area (Å²) in [7, 11) is 0. The smallest absolute Gasteiger partial charge is 0.302 e. The molecule has 0 aromatic rings. The van der Waals surface area contributed by atoms with E-state index in [4.69, 9.17) is 0 Å². The minimum atomic E-state index is -0.211. The van der Waals surface area contributed by atoms with E-state index in [9.17, 15) is 4.79 Å². The van der Waals surface area contributed by atoms with Crippen LogP contribution in [0.2, 0.25) is 0 Å². The molecule has 0 aromatic carbocycles. The number of hydrogen-bond acceptors (Lipinski definition) is 2. The van der Waals surface area contributed by atoms with Crippen molar-refractivity contribution >= 4 is 5.97 Å². The van der Waals surface area contributed by atoms with Crippen LogP contribution in [0.4, 0.5) is 0 Å². The summed E-state index contributed by atoms with van der Waals surface area (Å²) in [5, 5.41) is 0. The van der Waals surface area contributed by atoms with E-state index in [0.717, 1.165) is 0 Å². The second kappa shape index (κ2) is 92.5. The third-order valence-electron chi connectivity index (χ3n) is 22.8. The van der Waals surface area contributed by atoms with Crippen molar-refractivity contribution in [3.8, 4) is 0 Å². The van der Waals surface area contributed by atoms with E-state index in [-0.39, 0.29) is 5.97 Å². The van der Waals surface area contributed by atoms with Crippen molar-refractivity contribution in [2.45, 2.75) is 592 Å². The lowest BCUT2D eigenvalue weighted by molar-refractivity contribution is -0.140. The summed E-state index contributed by atoms with van der Waals surface area (Å²) < 4.78 is 4.40. The van der Waals surface area contributed by atoms with E-state index < -0.39 is 0 Å². The molecule has 0 atom stereocenters. The van der Waals surface area contributed by atoms with Gasteiger partial charge in [0.25, 0.3) is 0 Å². The third-order valence-corrected chi connectivity index (χ3v) is 22.8. The Morgan fingerprint density at radius 1 is 0.135 bits per heavy atom. The topological polar surface area (TPSA) is 26.3 Å². The Labute approximate surface area is 610 Å². The van der Waals surface area contributed by atoms with E-state index in [2.05, 4.69) is 4.74 Å². The lowest BCUT2D eigenvalue weighted by atomic mass is 10.0. The second-order valence-electron chi connectivity index (χ2n) is 32.7. The molecule has 15 saturated carbocycles. The summed E-state index contributed by atoms with van der Waals surface area (Å²) in [6.07, 6.45) is 135. The molecule has 0 unspecified atom stereocenters. The van der Waals surface area contributed by atoms with Crippen LogP contribution in [0, 0.1) is 0 Å². The highest BCUT2D eigenvalue weighted by molar-refractivity contribution is 5.65. The van der Waals surface area contributed by atoms with Crippen LogP contribution in [0.3, 0.4) is 0 Å². The molecule has 2 nitrogen and oxygen atoms in total. The summed E-state index contributed by atoms with van der Waals surface area (Å²) in [4.78, 5) is 9.82.